The second-order valence-electron chi connectivity index (χ2n) is 5.07. The van der Waals surface area contributed by atoms with Crippen LogP contribution in [0.4, 0.5) is 20.0 Å². The van der Waals surface area contributed by atoms with Gasteiger partial charge in [-0.05, 0) is 25.0 Å². The SMILES string of the molecule is Cc1nsc(NC(=O)Nc2ccc(F)cc2OCC(C)C)n1. The van der Waals surface area contributed by atoms with Crippen molar-refractivity contribution < 1.29 is 13.9 Å². The lowest BCUT2D eigenvalue weighted by Gasteiger charge is -2.14. The Balaban J connectivity index is 2.05. The molecule has 8 heteroatoms. The molecule has 2 rings (SSSR count). The minimum Gasteiger partial charge on any atom is -0.491 e. The number of carbonyl (C=O) groups is 1. The molecule has 0 radical (unpaired) electrons. The van der Waals surface area contributed by atoms with Gasteiger partial charge in [-0.25, -0.2) is 14.2 Å². The normalized spacial score (nSPS) is 10.6. The maximum atomic E-state index is 13.3. The summed E-state index contributed by atoms with van der Waals surface area (Å²) in [4.78, 5) is 16.0. The number of carbonyl (C=O) groups excluding carboxylic acids is 1. The average molecular weight is 324 g/mol. The molecule has 0 unspecified atom stereocenters. The predicted octanol–water partition coefficient (Wildman–Crippen LogP) is 3.66. The molecular formula is C14H17FN4O2S. The van der Waals surface area contributed by atoms with Crippen molar-refractivity contribution in [2.45, 2.75) is 20.8 Å². The van der Waals surface area contributed by atoms with E-state index in [0.717, 1.165) is 11.5 Å². The maximum absolute atomic E-state index is 13.3. The van der Waals surface area contributed by atoms with Crippen LogP contribution in [-0.4, -0.2) is 22.0 Å². The average Bonchev–Trinajstić information content (AvgIpc) is 2.84. The highest BCUT2D eigenvalue weighted by Gasteiger charge is 2.11. The van der Waals surface area contributed by atoms with Gasteiger partial charge >= 0.3 is 6.03 Å². The zero-order chi connectivity index (χ0) is 16.1. The molecule has 6 nitrogen and oxygen atoms in total. The van der Waals surface area contributed by atoms with Crippen LogP contribution in [0.25, 0.3) is 0 Å². The second-order valence-corrected chi connectivity index (χ2v) is 5.82. The number of halogens is 1. The Bertz CT molecular complexity index is 660. The second kappa shape index (κ2) is 7.17. The Morgan fingerprint density at radius 2 is 2.18 bits per heavy atom. The number of hydrogen-bond acceptors (Lipinski definition) is 5. The Morgan fingerprint density at radius 1 is 1.41 bits per heavy atom. The highest BCUT2D eigenvalue weighted by molar-refractivity contribution is 7.09. The number of urea groups is 1. The quantitative estimate of drug-likeness (QED) is 0.880. The predicted molar refractivity (Wildman–Crippen MR) is 84.0 cm³/mol. The number of nitrogens with one attached hydrogen (secondary N) is 2. The third kappa shape index (κ3) is 4.66. The van der Waals surface area contributed by atoms with Crippen molar-refractivity contribution in [1.29, 1.82) is 0 Å². The van der Waals surface area contributed by atoms with Crippen LogP contribution in [0.2, 0.25) is 0 Å². The Hall–Kier alpha value is -2.22. The summed E-state index contributed by atoms with van der Waals surface area (Å²) < 4.78 is 22.8. The Kier molecular flexibility index (Phi) is 5.26. The molecule has 0 aliphatic heterocycles. The number of aromatic nitrogens is 2. The summed E-state index contributed by atoms with van der Waals surface area (Å²) in [7, 11) is 0. The van der Waals surface area contributed by atoms with Gasteiger partial charge in [-0.2, -0.15) is 4.37 Å². The summed E-state index contributed by atoms with van der Waals surface area (Å²) in [6, 6.07) is 3.47. The summed E-state index contributed by atoms with van der Waals surface area (Å²) in [6.07, 6.45) is 0. The summed E-state index contributed by atoms with van der Waals surface area (Å²) in [5, 5.41) is 5.57. The van der Waals surface area contributed by atoms with Crippen LogP contribution in [0, 0.1) is 18.7 Å². The van der Waals surface area contributed by atoms with E-state index >= 15 is 0 Å². The van der Waals surface area contributed by atoms with E-state index in [1.165, 1.54) is 18.2 Å². The molecule has 0 aliphatic carbocycles. The van der Waals surface area contributed by atoms with E-state index in [4.69, 9.17) is 4.74 Å². The van der Waals surface area contributed by atoms with Crippen LogP contribution >= 0.6 is 11.5 Å². The zero-order valence-electron chi connectivity index (χ0n) is 12.5. The molecule has 2 N–H and O–H groups in total. The van der Waals surface area contributed by atoms with E-state index in [0.29, 0.717) is 23.3 Å². The highest BCUT2D eigenvalue weighted by atomic mass is 32.1. The molecule has 0 saturated carbocycles. The molecular weight excluding hydrogens is 307 g/mol. The summed E-state index contributed by atoms with van der Waals surface area (Å²) in [6.45, 7) is 6.13. The fourth-order valence-corrected chi connectivity index (χ4v) is 2.14. The van der Waals surface area contributed by atoms with Crippen LogP contribution in [-0.2, 0) is 0 Å². The minimum absolute atomic E-state index is 0.286. The van der Waals surface area contributed by atoms with Gasteiger partial charge in [-0.1, -0.05) is 13.8 Å². The molecule has 2 aromatic rings. The van der Waals surface area contributed by atoms with Crippen LogP contribution in [0.15, 0.2) is 18.2 Å². The van der Waals surface area contributed by atoms with Crippen molar-refractivity contribution in [2.75, 3.05) is 17.2 Å². The van der Waals surface area contributed by atoms with Gasteiger partial charge in [0.15, 0.2) is 0 Å². The third-order valence-electron chi connectivity index (χ3n) is 2.51. The molecule has 1 aromatic heterocycles. The number of rotatable bonds is 5. The first-order valence-corrected chi connectivity index (χ1v) is 7.52. The summed E-state index contributed by atoms with van der Waals surface area (Å²) in [5.41, 5.74) is 0.390. The highest BCUT2D eigenvalue weighted by Crippen LogP contribution is 2.26. The number of nitrogens with zero attached hydrogens (tertiary/aromatic N) is 2. The standard InChI is InChI=1S/C14H17FN4O2S/c1-8(2)7-21-12-6-10(15)4-5-11(12)17-13(20)18-14-16-9(3)19-22-14/h4-6,8H,7H2,1-3H3,(H2,16,17,18,19,20). The summed E-state index contributed by atoms with van der Waals surface area (Å²) >= 11 is 1.08. The van der Waals surface area contributed by atoms with E-state index in [-0.39, 0.29) is 11.7 Å². The smallest absolute Gasteiger partial charge is 0.325 e. The first kappa shape index (κ1) is 16.2. The molecule has 0 spiro atoms. The molecule has 0 aliphatic rings. The van der Waals surface area contributed by atoms with Gasteiger partial charge in [-0.15, -0.1) is 0 Å². The molecule has 0 fully saturated rings. The van der Waals surface area contributed by atoms with Gasteiger partial charge in [0, 0.05) is 17.6 Å². The van der Waals surface area contributed by atoms with Crippen molar-refractivity contribution in [1.82, 2.24) is 9.36 Å². The molecule has 0 atom stereocenters. The van der Waals surface area contributed by atoms with E-state index in [1.807, 2.05) is 13.8 Å². The fraction of sp³-hybridized carbons (Fsp3) is 0.357. The molecule has 1 aromatic carbocycles. The Morgan fingerprint density at radius 3 is 2.82 bits per heavy atom. The van der Waals surface area contributed by atoms with E-state index in [9.17, 15) is 9.18 Å². The number of hydrogen-bond donors (Lipinski definition) is 2. The monoisotopic (exact) mass is 324 g/mol. The van der Waals surface area contributed by atoms with Crippen LogP contribution in [0.5, 0.6) is 5.75 Å². The zero-order valence-corrected chi connectivity index (χ0v) is 13.3. The molecule has 22 heavy (non-hydrogen) atoms. The van der Waals surface area contributed by atoms with Gasteiger partial charge in [0.25, 0.3) is 0 Å². The number of aryl methyl sites for hydroxylation is 1. The van der Waals surface area contributed by atoms with Crippen molar-refractivity contribution in [3.05, 3.63) is 29.8 Å². The van der Waals surface area contributed by atoms with Gasteiger partial charge < -0.3 is 10.1 Å². The van der Waals surface area contributed by atoms with Crippen LogP contribution in [0.1, 0.15) is 19.7 Å². The minimum atomic E-state index is -0.489. The molecule has 118 valence electrons. The molecule has 1 heterocycles. The largest absolute Gasteiger partial charge is 0.491 e. The van der Waals surface area contributed by atoms with Gasteiger partial charge in [0.1, 0.15) is 17.4 Å². The molecule has 0 bridgehead atoms. The number of amides is 2. The lowest BCUT2D eigenvalue weighted by atomic mass is 10.2. The van der Waals surface area contributed by atoms with Crippen LogP contribution < -0.4 is 15.4 Å². The molecule has 2 amide bonds. The van der Waals surface area contributed by atoms with E-state index in [1.54, 1.807) is 6.92 Å². The number of benzene rings is 1. The Labute approximate surface area is 131 Å². The van der Waals surface area contributed by atoms with Crippen LogP contribution in [0.3, 0.4) is 0 Å². The lowest BCUT2D eigenvalue weighted by Crippen LogP contribution is -2.20. The van der Waals surface area contributed by atoms with Gasteiger partial charge in [0.05, 0.1) is 12.3 Å². The van der Waals surface area contributed by atoms with Crippen molar-refractivity contribution in [3.63, 3.8) is 0 Å². The fourth-order valence-electron chi connectivity index (χ4n) is 1.57. The maximum Gasteiger partial charge on any atom is 0.325 e. The summed E-state index contributed by atoms with van der Waals surface area (Å²) in [5.74, 6) is 0.735. The van der Waals surface area contributed by atoms with E-state index < -0.39 is 11.8 Å². The number of anilines is 2. The van der Waals surface area contributed by atoms with Crippen molar-refractivity contribution >= 4 is 28.4 Å². The molecule has 0 saturated heterocycles. The van der Waals surface area contributed by atoms with Crippen molar-refractivity contribution in [2.24, 2.45) is 5.92 Å². The lowest BCUT2D eigenvalue weighted by molar-refractivity contribution is 0.260. The number of ether oxygens (including phenoxy) is 1. The topological polar surface area (TPSA) is 76.1 Å². The first-order chi connectivity index (χ1) is 10.4. The third-order valence-corrected chi connectivity index (χ3v) is 3.23. The van der Waals surface area contributed by atoms with Gasteiger partial charge in [-0.3, -0.25) is 5.32 Å². The van der Waals surface area contributed by atoms with Gasteiger partial charge in [0.2, 0.25) is 5.13 Å². The van der Waals surface area contributed by atoms with Crippen molar-refractivity contribution in [3.8, 4) is 5.75 Å². The first-order valence-electron chi connectivity index (χ1n) is 6.74. The van der Waals surface area contributed by atoms with E-state index in [2.05, 4.69) is 20.0 Å².